The van der Waals surface area contributed by atoms with Crippen molar-refractivity contribution in [3.05, 3.63) is 54.2 Å². The molecule has 0 bridgehead atoms. The monoisotopic (exact) mass is 237 g/mol. The predicted molar refractivity (Wildman–Crippen MR) is 70.9 cm³/mol. The van der Waals surface area contributed by atoms with Gasteiger partial charge in [-0.25, -0.2) is 4.98 Å². The number of rotatable bonds is 2. The molecule has 2 N–H and O–H groups in total. The molecular weight excluding hydrogens is 226 g/mol. The van der Waals surface area contributed by atoms with Gasteiger partial charge in [-0.1, -0.05) is 29.4 Å². The summed E-state index contributed by atoms with van der Waals surface area (Å²) in [4.78, 5) is 7.53. The SMILES string of the molecule is O/N=C/c1ccc(-c2cc3cccnc3[nH]2)cc1. The smallest absolute Gasteiger partial charge is 0.137 e. The Bertz CT molecular complexity index is 665. The summed E-state index contributed by atoms with van der Waals surface area (Å²) in [5.74, 6) is 0. The van der Waals surface area contributed by atoms with Crippen LogP contribution in [0.2, 0.25) is 0 Å². The molecule has 0 aliphatic carbocycles. The number of fused-ring (bicyclic) bond motifs is 1. The van der Waals surface area contributed by atoms with E-state index in [1.807, 2.05) is 36.4 Å². The Balaban J connectivity index is 2.03. The first-order chi connectivity index (χ1) is 8.86. The number of benzene rings is 1. The molecular formula is C14H11N3O. The predicted octanol–water partition coefficient (Wildman–Crippen LogP) is 3.04. The van der Waals surface area contributed by atoms with Crippen molar-refractivity contribution >= 4 is 17.2 Å². The minimum absolute atomic E-state index is 0.857. The molecule has 0 atom stereocenters. The van der Waals surface area contributed by atoms with Gasteiger partial charge in [-0.15, -0.1) is 0 Å². The van der Waals surface area contributed by atoms with Crippen LogP contribution in [-0.4, -0.2) is 21.4 Å². The van der Waals surface area contributed by atoms with Crippen molar-refractivity contribution in [2.45, 2.75) is 0 Å². The van der Waals surface area contributed by atoms with Gasteiger partial charge in [0.1, 0.15) is 5.65 Å². The second-order valence-electron chi connectivity index (χ2n) is 3.99. The average molecular weight is 237 g/mol. The molecule has 0 spiro atoms. The number of aromatic nitrogens is 2. The van der Waals surface area contributed by atoms with Crippen LogP contribution in [0.4, 0.5) is 0 Å². The van der Waals surface area contributed by atoms with Crippen LogP contribution in [-0.2, 0) is 0 Å². The Morgan fingerprint density at radius 1 is 1.17 bits per heavy atom. The summed E-state index contributed by atoms with van der Waals surface area (Å²) in [6, 6.07) is 13.7. The molecule has 0 radical (unpaired) electrons. The molecule has 0 unspecified atom stereocenters. The second kappa shape index (κ2) is 4.33. The molecule has 1 aromatic carbocycles. The molecule has 3 rings (SSSR count). The summed E-state index contributed by atoms with van der Waals surface area (Å²) in [5, 5.41) is 12.5. The number of nitrogens with one attached hydrogen (secondary N) is 1. The van der Waals surface area contributed by atoms with E-state index >= 15 is 0 Å². The van der Waals surface area contributed by atoms with Gasteiger partial charge in [0.15, 0.2) is 0 Å². The first-order valence-corrected chi connectivity index (χ1v) is 5.58. The number of nitrogens with zero attached hydrogens (tertiary/aromatic N) is 2. The van der Waals surface area contributed by atoms with Gasteiger partial charge in [0.2, 0.25) is 0 Å². The fourth-order valence-corrected chi connectivity index (χ4v) is 1.93. The van der Waals surface area contributed by atoms with E-state index in [4.69, 9.17) is 5.21 Å². The minimum Gasteiger partial charge on any atom is -0.411 e. The van der Waals surface area contributed by atoms with Crippen molar-refractivity contribution in [2.24, 2.45) is 5.16 Å². The highest BCUT2D eigenvalue weighted by molar-refractivity contribution is 5.84. The summed E-state index contributed by atoms with van der Waals surface area (Å²) in [7, 11) is 0. The zero-order valence-electron chi connectivity index (χ0n) is 9.54. The lowest BCUT2D eigenvalue weighted by Crippen LogP contribution is -1.82. The van der Waals surface area contributed by atoms with Crippen molar-refractivity contribution < 1.29 is 5.21 Å². The van der Waals surface area contributed by atoms with Crippen molar-refractivity contribution in [3.63, 3.8) is 0 Å². The Morgan fingerprint density at radius 3 is 2.72 bits per heavy atom. The Hall–Kier alpha value is -2.62. The largest absolute Gasteiger partial charge is 0.411 e. The molecule has 88 valence electrons. The summed E-state index contributed by atoms with van der Waals surface area (Å²) in [6.45, 7) is 0. The standard InChI is InChI=1S/C14H11N3O/c18-16-9-10-3-5-11(6-4-10)13-8-12-2-1-7-15-14(12)17-13/h1-9,18H,(H,15,17)/b16-9+. The van der Waals surface area contributed by atoms with Crippen LogP contribution in [0.25, 0.3) is 22.3 Å². The van der Waals surface area contributed by atoms with Gasteiger partial charge in [-0.2, -0.15) is 0 Å². The molecule has 0 saturated heterocycles. The van der Waals surface area contributed by atoms with E-state index in [1.165, 1.54) is 6.21 Å². The molecule has 0 saturated carbocycles. The van der Waals surface area contributed by atoms with Crippen LogP contribution < -0.4 is 0 Å². The van der Waals surface area contributed by atoms with Crippen LogP contribution in [0.15, 0.2) is 53.8 Å². The number of oxime groups is 1. The summed E-state index contributed by atoms with van der Waals surface area (Å²) in [5.41, 5.74) is 3.84. The first kappa shape index (κ1) is 10.5. The normalized spacial score (nSPS) is 11.3. The fourth-order valence-electron chi connectivity index (χ4n) is 1.93. The van der Waals surface area contributed by atoms with Gasteiger partial charge in [0.05, 0.1) is 6.21 Å². The van der Waals surface area contributed by atoms with Crippen LogP contribution in [0.1, 0.15) is 5.56 Å². The lowest BCUT2D eigenvalue weighted by atomic mass is 10.1. The summed E-state index contributed by atoms with van der Waals surface area (Å²) >= 11 is 0. The maximum atomic E-state index is 8.46. The van der Waals surface area contributed by atoms with Gasteiger partial charge < -0.3 is 10.2 Å². The third-order valence-corrected chi connectivity index (χ3v) is 2.82. The van der Waals surface area contributed by atoms with E-state index in [2.05, 4.69) is 21.2 Å². The van der Waals surface area contributed by atoms with Gasteiger partial charge in [-0.05, 0) is 29.3 Å². The molecule has 4 nitrogen and oxygen atoms in total. The Kier molecular flexibility index (Phi) is 2.53. The minimum atomic E-state index is 0.857. The van der Waals surface area contributed by atoms with Crippen LogP contribution in [0.5, 0.6) is 0 Å². The van der Waals surface area contributed by atoms with Crippen LogP contribution in [0.3, 0.4) is 0 Å². The van der Waals surface area contributed by atoms with E-state index < -0.39 is 0 Å². The molecule has 4 heteroatoms. The average Bonchev–Trinajstić information content (AvgIpc) is 2.84. The topological polar surface area (TPSA) is 61.3 Å². The van der Waals surface area contributed by atoms with Crippen LogP contribution >= 0.6 is 0 Å². The maximum absolute atomic E-state index is 8.46. The molecule has 2 heterocycles. The molecule has 18 heavy (non-hydrogen) atoms. The number of hydrogen-bond donors (Lipinski definition) is 2. The Morgan fingerprint density at radius 2 is 2.00 bits per heavy atom. The molecule has 0 aliphatic heterocycles. The van der Waals surface area contributed by atoms with Crippen molar-refractivity contribution in [1.29, 1.82) is 0 Å². The molecule has 0 fully saturated rings. The number of H-pyrrole nitrogens is 1. The zero-order chi connectivity index (χ0) is 12.4. The van der Waals surface area contributed by atoms with E-state index in [0.717, 1.165) is 27.9 Å². The van der Waals surface area contributed by atoms with E-state index in [0.29, 0.717) is 0 Å². The summed E-state index contributed by atoms with van der Waals surface area (Å²) < 4.78 is 0. The maximum Gasteiger partial charge on any atom is 0.137 e. The quantitative estimate of drug-likeness (QED) is 0.409. The lowest BCUT2D eigenvalue weighted by Gasteiger charge is -1.98. The first-order valence-electron chi connectivity index (χ1n) is 5.58. The van der Waals surface area contributed by atoms with Crippen molar-refractivity contribution in [2.75, 3.05) is 0 Å². The Labute approximate surface area is 104 Å². The zero-order valence-corrected chi connectivity index (χ0v) is 9.54. The molecule has 0 amide bonds. The van der Waals surface area contributed by atoms with Crippen LogP contribution in [0, 0.1) is 0 Å². The third kappa shape index (κ3) is 1.84. The van der Waals surface area contributed by atoms with Gasteiger partial charge in [-0.3, -0.25) is 0 Å². The van der Waals surface area contributed by atoms with Gasteiger partial charge in [0, 0.05) is 17.3 Å². The van der Waals surface area contributed by atoms with Crippen molar-refractivity contribution in [3.8, 4) is 11.3 Å². The van der Waals surface area contributed by atoms with Gasteiger partial charge in [0.25, 0.3) is 0 Å². The molecule has 0 aliphatic rings. The van der Waals surface area contributed by atoms with Crippen molar-refractivity contribution in [1.82, 2.24) is 9.97 Å². The summed E-state index contributed by atoms with van der Waals surface area (Å²) in [6.07, 6.45) is 3.17. The number of aromatic amines is 1. The van der Waals surface area contributed by atoms with Gasteiger partial charge >= 0.3 is 0 Å². The number of pyridine rings is 1. The number of hydrogen-bond acceptors (Lipinski definition) is 3. The van der Waals surface area contributed by atoms with E-state index in [9.17, 15) is 0 Å². The van der Waals surface area contributed by atoms with E-state index in [1.54, 1.807) is 6.20 Å². The second-order valence-corrected chi connectivity index (χ2v) is 3.99. The highest BCUT2D eigenvalue weighted by Crippen LogP contribution is 2.22. The fraction of sp³-hybridized carbons (Fsp3) is 0. The molecule has 3 aromatic rings. The molecule has 2 aromatic heterocycles. The highest BCUT2D eigenvalue weighted by atomic mass is 16.4. The third-order valence-electron chi connectivity index (χ3n) is 2.82. The lowest BCUT2D eigenvalue weighted by molar-refractivity contribution is 0.322. The van der Waals surface area contributed by atoms with E-state index in [-0.39, 0.29) is 0 Å². The highest BCUT2D eigenvalue weighted by Gasteiger charge is 2.03.